The summed E-state index contributed by atoms with van der Waals surface area (Å²) in [5.74, 6) is 0.432. The summed E-state index contributed by atoms with van der Waals surface area (Å²) in [7, 11) is 0. The van der Waals surface area contributed by atoms with Crippen LogP contribution in [0.3, 0.4) is 0 Å². The first-order valence-corrected chi connectivity index (χ1v) is 9.57. The van der Waals surface area contributed by atoms with Crippen molar-refractivity contribution < 1.29 is 9.90 Å². The van der Waals surface area contributed by atoms with Crippen LogP contribution in [0.15, 0.2) is 6.33 Å². The number of amides is 1. The minimum Gasteiger partial charge on any atom is -0.396 e. The number of nitrogens with one attached hydrogen (secondary N) is 2. The van der Waals surface area contributed by atoms with E-state index in [-0.39, 0.29) is 30.5 Å². The second-order valence-electron chi connectivity index (χ2n) is 7.77. The van der Waals surface area contributed by atoms with Crippen molar-refractivity contribution in [3.8, 4) is 0 Å². The van der Waals surface area contributed by atoms with Crippen molar-refractivity contribution >= 4 is 5.91 Å². The monoisotopic (exact) mass is 364 g/mol. The van der Waals surface area contributed by atoms with Crippen molar-refractivity contribution in [3.05, 3.63) is 6.33 Å². The number of hydrogen-bond acceptors (Lipinski definition) is 8. The zero-order valence-corrected chi connectivity index (χ0v) is 15.0. The summed E-state index contributed by atoms with van der Waals surface area (Å²) in [6.07, 6.45) is 4.77. The van der Waals surface area contributed by atoms with Gasteiger partial charge < -0.3 is 14.9 Å². The number of hydrogen-bond donors (Lipinski definition) is 3. The Morgan fingerprint density at radius 3 is 2.77 bits per heavy atom. The van der Waals surface area contributed by atoms with E-state index in [2.05, 4.69) is 31.3 Å². The van der Waals surface area contributed by atoms with E-state index in [0.717, 1.165) is 32.6 Å². The number of nitrogens with zero attached hydrogens (tertiary/aromatic N) is 6. The largest absolute Gasteiger partial charge is 0.396 e. The Labute approximate surface area is 152 Å². The van der Waals surface area contributed by atoms with Gasteiger partial charge in [0.15, 0.2) is 0 Å². The Kier molecular flexibility index (Phi) is 5.44. The average molecular weight is 364 g/mol. The van der Waals surface area contributed by atoms with Crippen molar-refractivity contribution in [3.63, 3.8) is 0 Å². The van der Waals surface area contributed by atoms with Crippen molar-refractivity contribution in [2.24, 2.45) is 17.8 Å². The van der Waals surface area contributed by atoms with Crippen LogP contribution in [0, 0.1) is 17.8 Å². The molecule has 0 saturated carbocycles. The van der Waals surface area contributed by atoms with Gasteiger partial charge in [-0.3, -0.25) is 10.2 Å². The third-order valence-corrected chi connectivity index (χ3v) is 5.83. The van der Waals surface area contributed by atoms with Crippen molar-refractivity contribution in [2.45, 2.75) is 25.4 Å². The Morgan fingerprint density at radius 1 is 1.23 bits per heavy atom. The van der Waals surface area contributed by atoms with Gasteiger partial charge in [0.25, 0.3) is 0 Å². The third-order valence-electron chi connectivity index (χ3n) is 5.83. The molecule has 4 atom stereocenters. The minimum absolute atomic E-state index is 0.104. The number of rotatable bonds is 5. The lowest BCUT2D eigenvalue weighted by molar-refractivity contribution is -0.139. The fraction of sp³-hybridized carbons (Fsp3) is 0.875. The molecule has 4 rings (SSSR count). The van der Waals surface area contributed by atoms with Crippen LogP contribution in [-0.2, 0) is 4.79 Å². The quantitative estimate of drug-likeness (QED) is 0.576. The number of aliphatic hydroxyl groups excluding tert-OH is 1. The molecule has 1 aromatic heterocycles. The predicted molar refractivity (Wildman–Crippen MR) is 92.4 cm³/mol. The number of aliphatic hydroxyl groups is 1. The van der Waals surface area contributed by atoms with E-state index in [0.29, 0.717) is 19.0 Å². The predicted octanol–water partition coefficient (Wildman–Crippen LogP) is -1.55. The van der Waals surface area contributed by atoms with Gasteiger partial charge in [0.1, 0.15) is 12.5 Å². The Balaban J connectivity index is 1.43. The van der Waals surface area contributed by atoms with Crippen LogP contribution in [0.5, 0.6) is 0 Å². The van der Waals surface area contributed by atoms with E-state index in [1.165, 1.54) is 19.2 Å². The highest BCUT2D eigenvalue weighted by Gasteiger charge is 2.40. The number of carbonyl (C=O) groups excluding carboxylic acids is 1. The molecule has 0 bridgehead atoms. The summed E-state index contributed by atoms with van der Waals surface area (Å²) in [4.78, 5) is 17.7. The van der Waals surface area contributed by atoms with Gasteiger partial charge in [0.05, 0.1) is 5.92 Å². The molecule has 3 aliphatic heterocycles. The second kappa shape index (κ2) is 7.95. The van der Waals surface area contributed by atoms with Crippen LogP contribution >= 0.6 is 0 Å². The van der Waals surface area contributed by atoms with Gasteiger partial charge in [-0.1, -0.05) is 0 Å². The average Bonchev–Trinajstić information content (AvgIpc) is 3.41. The number of tetrazole rings is 1. The van der Waals surface area contributed by atoms with Gasteiger partial charge in [0, 0.05) is 32.8 Å². The first kappa shape index (κ1) is 17.8. The Hall–Kier alpha value is -1.62. The number of carbonyl (C=O) groups is 1. The van der Waals surface area contributed by atoms with Gasteiger partial charge in [-0.25, -0.2) is 10.1 Å². The topological polar surface area (TPSA) is 111 Å². The molecule has 2 unspecified atom stereocenters. The van der Waals surface area contributed by atoms with E-state index in [9.17, 15) is 9.90 Å². The summed E-state index contributed by atoms with van der Waals surface area (Å²) >= 11 is 0. The highest BCUT2D eigenvalue weighted by atomic mass is 16.3. The molecule has 3 saturated heterocycles. The van der Waals surface area contributed by atoms with Crippen LogP contribution in [0.25, 0.3) is 0 Å². The van der Waals surface area contributed by atoms with E-state index in [1.54, 1.807) is 4.68 Å². The maximum absolute atomic E-state index is 13.2. The van der Waals surface area contributed by atoms with Crippen LogP contribution in [0.1, 0.15) is 25.4 Å². The zero-order valence-electron chi connectivity index (χ0n) is 15.0. The number of piperidine rings is 1. The summed E-state index contributed by atoms with van der Waals surface area (Å²) in [5, 5.41) is 21.0. The minimum atomic E-state index is -0.288. The molecule has 10 nitrogen and oxygen atoms in total. The molecular formula is C16H28N8O2. The van der Waals surface area contributed by atoms with Gasteiger partial charge in [-0.2, -0.15) is 0 Å². The molecule has 0 spiro atoms. The molecule has 1 aromatic rings. The highest BCUT2D eigenvalue weighted by molar-refractivity contribution is 5.80. The van der Waals surface area contributed by atoms with Crippen LogP contribution in [0.4, 0.5) is 0 Å². The first-order chi connectivity index (χ1) is 12.7. The molecule has 3 aliphatic rings. The molecule has 4 heterocycles. The second-order valence-corrected chi connectivity index (χ2v) is 7.77. The Morgan fingerprint density at radius 2 is 2.04 bits per heavy atom. The maximum atomic E-state index is 13.2. The van der Waals surface area contributed by atoms with Crippen LogP contribution < -0.4 is 10.9 Å². The van der Waals surface area contributed by atoms with E-state index >= 15 is 0 Å². The fourth-order valence-corrected chi connectivity index (χ4v) is 4.58. The van der Waals surface area contributed by atoms with Crippen molar-refractivity contribution in [2.75, 3.05) is 45.9 Å². The summed E-state index contributed by atoms with van der Waals surface area (Å²) in [6, 6.07) is 0. The van der Waals surface area contributed by atoms with E-state index < -0.39 is 0 Å². The van der Waals surface area contributed by atoms with Gasteiger partial charge >= 0.3 is 0 Å². The summed E-state index contributed by atoms with van der Waals surface area (Å²) < 4.78 is 1.58. The number of hydrazine groups is 1. The molecular weight excluding hydrogens is 336 g/mol. The summed E-state index contributed by atoms with van der Waals surface area (Å²) in [5.41, 5.74) is 6.14. The number of aromatic nitrogens is 4. The molecule has 0 aliphatic carbocycles. The fourth-order valence-electron chi connectivity index (χ4n) is 4.58. The van der Waals surface area contributed by atoms with Crippen molar-refractivity contribution in [1.82, 2.24) is 40.9 Å². The molecule has 0 radical (unpaired) electrons. The van der Waals surface area contributed by atoms with Crippen LogP contribution in [0.2, 0.25) is 0 Å². The smallest absolute Gasteiger partial charge is 0.230 e. The SMILES string of the molecule is O=C(C1CNNC1n1cnnn1)N1C[C@H](CO)C[C@H](CN2CCCC2)C1. The third kappa shape index (κ3) is 3.73. The number of likely N-dealkylation sites (tertiary alicyclic amines) is 2. The molecule has 3 fully saturated rings. The zero-order chi connectivity index (χ0) is 17.9. The lowest BCUT2D eigenvalue weighted by Gasteiger charge is -2.40. The van der Waals surface area contributed by atoms with Crippen molar-refractivity contribution in [1.29, 1.82) is 0 Å². The normalized spacial score (nSPS) is 33.0. The highest BCUT2D eigenvalue weighted by Crippen LogP contribution is 2.27. The van der Waals surface area contributed by atoms with E-state index in [4.69, 9.17) is 0 Å². The van der Waals surface area contributed by atoms with Crippen LogP contribution in [-0.4, -0.2) is 86.9 Å². The summed E-state index contributed by atoms with van der Waals surface area (Å²) in [6.45, 7) is 5.42. The molecule has 3 N–H and O–H groups in total. The molecule has 144 valence electrons. The standard InChI is InChI=1S/C16H28N8O2/c25-10-13-5-12(7-22-3-1-2-4-22)8-23(9-13)16(26)14-6-17-19-15(14)24-11-18-20-21-24/h11-15,17,19,25H,1-10H2/t12-,13-,14?,15?/m1/s1. The lowest BCUT2D eigenvalue weighted by atomic mass is 9.88. The molecule has 0 aromatic carbocycles. The van der Waals surface area contributed by atoms with E-state index in [1.807, 2.05) is 4.90 Å². The molecule has 10 heteroatoms. The molecule has 26 heavy (non-hydrogen) atoms. The maximum Gasteiger partial charge on any atom is 0.230 e. The van der Waals surface area contributed by atoms with Gasteiger partial charge in [-0.15, -0.1) is 5.10 Å². The van der Waals surface area contributed by atoms with Gasteiger partial charge in [-0.05, 0) is 54.6 Å². The van der Waals surface area contributed by atoms with Gasteiger partial charge in [0.2, 0.25) is 5.91 Å². The Bertz CT molecular complexity index is 591. The lowest BCUT2D eigenvalue weighted by Crippen LogP contribution is -2.50. The first-order valence-electron chi connectivity index (χ1n) is 9.57. The molecule has 1 amide bonds.